The number of ether oxygens (including phenoxy) is 1. The zero-order chi connectivity index (χ0) is 27.1. The Morgan fingerprint density at radius 3 is 2.28 bits per heavy atom. The molecule has 1 aliphatic rings. The van der Waals surface area contributed by atoms with Crippen molar-refractivity contribution in [2.45, 2.75) is 63.4 Å². The standard InChI is InChI=1S/C24H32F3N3O6/c1-14(2)11-17(21(33)30-18(22(34)36-3)12-15-9-10-28-20(15)32)29-19(31)13-23(35,24(25,26)27)16-7-5-4-6-8-16/h4-8,14-15,17-18,35H,9-13H2,1-3H3,(H,28,32)(H,29,31)(H,30,33)/t15-,17-,18-,23?/m0/s1. The topological polar surface area (TPSA) is 134 Å². The lowest BCUT2D eigenvalue weighted by Crippen LogP contribution is -2.54. The average Bonchev–Trinajstić information content (AvgIpc) is 3.21. The number of carbonyl (C=O) groups is 4. The summed E-state index contributed by atoms with van der Waals surface area (Å²) in [6.07, 6.45) is -6.06. The van der Waals surface area contributed by atoms with Gasteiger partial charge in [0.2, 0.25) is 17.7 Å². The fraction of sp³-hybridized carbons (Fsp3) is 0.583. The normalized spacial score (nSPS) is 19.1. The molecule has 1 heterocycles. The van der Waals surface area contributed by atoms with Crippen molar-refractivity contribution in [3.8, 4) is 0 Å². The van der Waals surface area contributed by atoms with Crippen LogP contribution in [0.4, 0.5) is 13.2 Å². The van der Waals surface area contributed by atoms with E-state index in [-0.39, 0.29) is 24.7 Å². The summed E-state index contributed by atoms with van der Waals surface area (Å²) in [6.45, 7) is 3.91. The fourth-order valence-corrected chi connectivity index (χ4v) is 4.04. The van der Waals surface area contributed by atoms with E-state index in [4.69, 9.17) is 4.74 Å². The van der Waals surface area contributed by atoms with E-state index in [0.717, 1.165) is 19.2 Å². The molecule has 0 bridgehead atoms. The van der Waals surface area contributed by atoms with Gasteiger partial charge in [-0.05, 0) is 30.7 Å². The van der Waals surface area contributed by atoms with Gasteiger partial charge < -0.3 is 25.8 Å². The molecular formula is C24H32F3N3O6. The Labute approximate surface area is 207 Å². The number of methoxy groups -OCH3 is 1. The molecular weight excluding hydrogens is 483 g/mol. The first kappa shape index (κ1) is 29.1. The van der Waals surface area contributed by atoms with Gasteiger partial charge >= 0.3 is 12.1 Å². The Balaban J connectivity index is 2.19. The van der Waals surface area contributed by atoms with Crippen LogP contribution in [-0.2, 0) is 29.5 Å². The minimum atomic E-state index is -5.17. The summed E-state index contributed by atoms with van der Waals surface area (Å²) in [5.74, 6) is -3.77. The highest BCUT2D eigenvalue weighted by atomic mass is 19.4. The number of esters is 1. The number of carbonyl (C=O) groups excluding carboxylic acids is 4. The molecule has 4 atom stereocenters. The second-order valence-electron chi connectivity index (χ2n) is 9.25. The van der Waals surface area contributed by atoms with Crippen LogP contribution in [0.15, 0.2) is 30.3 Å². The first-order valence-corrected chi connectivity index (χ1v) is 11.6. The third kappa shape index (κ3) is 7.42. The van der Waals surface area contributed by atoms with Gasteiger partial charge in [0.05, 0.1) is 13.5 Å². The Morgan fingerprint density at radius 2 is 1.78 bits per heavy atom. The third-order valence-electron chi connectivity index (χ3n) is 5.98. The van der Waals surface area contributed by atoms with Crippen molar-refractivity contribution in [2.75, 3.05) is 13.7 Å². The minimum absolute atomic E-state index is 0.0333. The van der Waals surface area contributed by atoms with Crippen molar-refractivity contribution >= 4 is 23.7 Å². The van der Waals surface area contributed by atoms with Gasteiger partial charge in [-0.15, -0.1) is 0 Å². The maximum atomic E-state index is 13.8. The third-order valence-corrected chi connectivity index (χ3v) is 5.98. The number of rotatable bonds is 11. The summed E-state index contributed by atoms with van der Waals surface area (Å²) >= 11 is 0. The number of hydrogen-bond donors (Lipinski definition) is 4. The molecule has 0 radical (unpaired) electrons. The molecule has 0 aromatic heterocycles. The van der Waals surface area contributed by atoms with E-state index >= 15 is 0 Å². The first-order chi connectivity index (χ1) is 16.8. The summed E-state index contributed by atoms with van der Waals surface area (Å²) in [6, 6.07) is 3.69. The van der Waals surface area contributed by atoms with Crippen molar-refractivity contribution < 1.29 is 42.2 Å². The number of amides is 3. The number of benzene rings is 1. The second-order valence-corrected chi connectivity index (χ2v) is 9.25. The molecule has 0 aliphatic carbocycles. The van der Waals surface area contributed by atoms with Gasteiger partial charge in [-0.25, -0.2) is 4.79 Å². The molecule has 36 heavy (non-hydrogen) atoms. The lowest BCUT2D eigenvalue weighted by molar-refractivity contribution is -0.267. The predicted molar refractivity (Wildman–Crippen MR) is 122 cm³/mol. The molecule has 1 aromatic carbocycles. The van der Waals surface area contributed by atoms with Crippen LogP contribution in [0.1, 0.15) is 45.1 Å². The molecule has 0 spiro atoms. The summed E-state index contributed by atoms with van der Waals surface area (Å²) in [5.41, 5.74) is -3.99. The van der Waals surface area contributed by atoms with Gasteiger partial charge in [0.25, 0.3) is 0 Å². The summed E-state index contributed by atoms with van der Waals surface area (Å²) < 4.78 is 46.1. The number of nitrogens with one attached hydrogen (secondary N) is 3. The molecule has 1 aromatic rings. The van der Waals surface area contributed by atoms with Crippen molar-refractivity contribution in [1.82, 2.24) is 16.0 Å². The van der Waals surface area contributed by atoms with Crippen molar-refractivity contribution in [1.29, 1.82) is 0 Å². The molecule has 1 aliphatic heterocycles. The molecule has 1 fully saturated rings. The molecule has 1 saturated heterocycles. The summed E-state index contributed by atoms with van der Waals surface area (Å²) in [4.78, 5) is 49.9. The Bertz CT molecular complexity index is 941. The number of halogens is 3. The second kappa shape index (κ2) is 12.2. The van der Waals surface area contributed by atoms with Gasteiger partial charge in [-0.3, -0.25) is 14.4 Å². The van der Waals surface area contributed by atoms with E-state index in [1.165, 1.54) is 18.2 Å². The largest absolute Gasteiger partial charge is 0.467 e. The Kier molecular flexibility index (Phi) is 9.85. The van der Waals surface area contributed by atoms with E-state index in [1.54, 1.807) is 13.8 Å². The maximum absolute atomic E-state index is 13.8. The van der Waals surface area contributed by atoms with Gasteiger partial charge in [0, 0.05) is 12.5 Å². The monoisotopic (exact) mass is 515 g/mol. The molecule has 12 heteroatoms. The van der Waals surface area contributed by atoms with Crippen LogP contribution >= 0.6 is 0 Å². The van der Waals surface area contributed by atoms with Crippen molar-refractivity contribution in [3.63, 3.8) is 0 Å². The van der Waals surface area contributed by atoms with Crippen molar-refractivity contribution in [2.24, 2.45) is 11.8 Å². The Morgan fingerprint density at radius 1 is 1.14 bits per heavy atom. The van der Waals surface area contributed by atoms with Crippen LogP contribution < -0.4 is 16.0 Å². The SMILES string of the molecule is COC(=O)[C@H](C[C@@H]1CCNC1=O)NC(=O)[C@H](CC(C)C)NC(=O)CC(O)(c1ccccc1)C(F)(F)F. The lowest BCUT2D eigenvalue weighted by atomic mass is 9.89. The van der Waals surface area contributed by atoms with Crippen LogP contribution in [0.2, 0.25) is 0 Å². The smallest absolute Gasteiger partial charge is 0.421 e. The maximum Gasteiger partial charge on any atom is 0.421 e. The van der Waals surface area contributed by atoms with Gasteiger partial charge in [-0.2, -0.15) is 13.2 Å². The highest BCUT2D eigenvalue weighted by Crippen LogP contribution is 2.41. The van der Waals surface area contributed by atoms with Crippen LogP contribution in [0.3, 0.4) is 0 Å². The van der Waals surface area contributed by atoms with Crippen LogP contribution in [-0.4, -0.2) is 60.7 Å². The number of aliphatic hydroxyl groups is 1. The molecule has 200 valence electrons. The van der Waals surface area contributed by atoms with Gasteiger partial charge in [0.15, 0.2) is 5.60 Å². The van der Waals surface area contributed by atoms with E-state index < -0.39 is 59.5 Å². The van der Waals surface area contributed by atoms with E-state index in [2.05, 4.69) is 16.0 Å². The van der Waals surface area contributed by atoms with Crippen LogP contribution in [0, 0.1) is 11.8 Å². The van der Waals surface area contributed by atoms with E-state index in [9.17, 15) is 37.5 Å². The zero-order valence-electron chi connectivity index (χ0n) is 20.4. The molecule has 3 amide bonds. The van der Waals surface area contributed by atoms with E-state index in [0.29, 0.717) is 13.0 Å². The van der Waals surface area contributed by atoms with Crippen LogP contribution in [0.25, 0.3) is 0 Å². The minimum Gasteiger partial charge on any atom is -0.467 e. The highest BCUT2D eigenvalue weighted by Gasteiger charge is 2.56. The molecule has 1 unspecified atom stereocenters. The average molecular weight is 516 g/mol. The van der Waals surface area contributed by atoms with Crippen molar-refractivity contribution in [3.05, 3.63) is 35.9 Å². The Hall–Kier alpha value is -3.15. The number of alkyl halides is 3. The zero-order valence-corrected chi connectivity index (χ0v) is 20.4. The van der Waals surface area contributed by atoms with Gasteiger partial charge in [0.1, 0.15) is 12.1 Å². The predicted octanol–water partition coefficient (Wildman–Crippen LogP) is 1.54. The van der Waals surface area contributed by atoms with E-state index in [1.807, 2.05) is 0 Å². The van der Waals surface area contributed by atoms with Crippen LogP contribution in [0.5, 0.6) is 0 Å². The quantitative estimate of drug-likeness (QED) is 0.331. The molecule has 9 nitrogen and oxygen atoms in total. The van der Waals surface area contributed by atoms with Gasteiger partial charge in [-0.1, -0.05) is 44.2 Å². The molecule has 4 N–H and O–H groups in total. The molecule has 2 rings (SSSR count). The summed E-state index contributed by atoms with van der Waals surface area (Å²) in [7, 11) is 1.12. The first-order valence-electron chi connectivity index (χ1n) is 11.6. The fourth-order valence-electron chi connectivity index (χ4n) is 4.04. The lowest BCUT2D eigenvalue weighted by Gasteiger charge is -2.31. The highest BCUT2D eigenvalue weighted by molar-refractivity contribution is 5.91. The summed E-state index contributed by atoms with van der Waals surface area (Å²) in [5, 5.41) is 17.8. The molecule has 0 saturated carbocycles. The number of hydrogen-bond acceptors (Lipinski definition) is 6.